The molecule has 0 saturated carbocycles. The number of nitrogens with zero attached hydrogens (tertiary/aromatic N) is 1. The number of nitrogens with two attached hydrogens (primary N) is 1. The van der Waals surface area contributed by atoms with E-state index in [4.69, 9.17) is 10.5 Å². The van der Waals surface area contributed by atoms with E-state index in [1.54, 1.807) is 0 Å². The van der Waals surface area contributed by atoms with Crippen molar-refractivity contribution in [1.29, 1.82) is 0 Å². The molecule has 0 bridgehead atoms. The van der Waals surface area contributed by atoms with Crippen molar-refractivity contribution < 1.29 is 9.53 Å². The van der Waals surface area contributed by atoms with Crippen molar-refractivity contribution >= 4 is 5.91 Å². The van der Waals surface area contributed by atoms with Crippen LogP contribution in [0.25, 0.3) is 0 Å². The molecule has 2 rings (SSSR count). The third-order valence-corrected chi connectivity index (χ3v) is 3.98. The fourth-order valence-corrected chi connectivity index (χ4v) is 2.65. The molecule has 4 heteroatoms. The number of ether oxygens (including phenoxy) is 1. The first kappa shape index (κ1) is 15.0. The van der Waals surface area contributed by atoms with Crippen LogP contribution in [0.5, 0.6) is 0 Å². The molecule has 1 saturated heterocycles. The highest BCUT2D eigenvalue weighted by Gasteiger charge is 2.19. The van der Waals surface area contributed by atoms with E-state index in [2.05, 4.69) is 0 Å². The van der Waals surface area contributed by atoms with Gasteiger partial charge in [0.05, 0.1) is 6.42 Å². The third kappa shape index (κ3) is 4.05. The minimum absolute atomic E-state index is 0.164. The molecule has 20 heavy (non-hydrogen) atoms. The van der Waals surface area contributed by atoms with Gasteiger partial charge in [0.2, 0.25) is 5.91 Å². The van der Waals surface area contributed by atoms with Gasteiger partial charge in [0.25, 0.3) is 0 Å². The highest BCUT2D eigenvalue weighted by molar-refractivity contribution is 5.78. The summed E-state index contributed by atoms with van der Waals surface area (Å²) in [5.41, 5.74) is 7.81. The topological polar surface area (TPSA) is 55.6 Å². The minimum Gasteiger partial charge on any atom is -0.381 e. The Morgan fingerprint density at radius 3 is 2.60 bits per heavy atom. The van der Waals surface area contributed by atoms with Crippen molar-refractivity contribution in [2.24, 2.45) is 11.7 Å². The van der Waals surface area contributed by atoms with Crippen LogP contribution in [0.2, 0.25) is 0 Å². The molecule has 0 radical (unpaired) electrons. The molecule has 0 unspecified atom stereocenters. The van der Waals surface area contributed by atoms with Gasteiger partial charge in [0.15, 0.2) is 0 Å². The number of likely N-dealkylation sites (N-methyl/N-ethyl adjacent to an activating group) is 1. The highest BCUT2D eigenvalue weighted by Crippen LogP contribution is 2.16. The second-order valence-corrected chi connectivity index (χ2v) is 5.48. The maximum absolute atomic E-state index is 12.3. The first-order valence-electron chi connectivity index (χ1n) is 7.29. The number of carbonyl (C=O) groups excluding carboxylic acids is 1. The zero-order valence-corrected chi connectivity index (χ0v) is 12.2. The smallest absolute Gasteiger partial charge is 0.226 e. The molecule has 1 aliphatic heterocycles. The van der Waals surface area contributed by atoms with Gasteiger partial charge in [-0.05, 0) is 29.9 Å². The maximum atomic E-state index is 12.3. The molecule has 1 aromatic rings. The van der Waals surface area contributed by atoms with Gasteiger partial charge >= 0.3 is 0 Å². The summed E-state index contributed by atoms with van der Waals surface area (Å²) < 4.78 is 5.35. The largest absolute Gasteiger partial charge is 0.381 e. The summed E-state index contributed by atoms with van der Waals surface area (Å²) in [4.78, 5) is 14.2. The molecule has 0 aliphatic carbocycles. The number of hydrogen-bond donors (Lipinski definition) is 1. The minimum atomic E-state index is 0.164. The van der Waals surface area contributed by atoms with E-state index in [0.29, 0.717) is 18.9 Å². The average Bonchev–Trinajstić information content (AvgIpc) is 2.48. The van der Waals surface area contributed by atoms with Crippen molar-refractivity contribution in [2.45, 2.75) is 25.8 Å². The van der Waals surface area contributed by atoms with Crippen molar-refractivity contribution in [3.05, 3.63) is 35.4 Å². The zero-order valence-electron chi connectivity index (χ0n) is 12.2. The number of benzene rings is 1. The molecular formula is C16H24N2O2. The summed E-state index contributed by atoms with van der Waals surface area (Å²) in [6.07, 6.45) is 2.54. The van der Waals surface area contributed by atoms with Gasteiger partial charge in [0.1, 0.15) is 0 Å². The molecule has 0 atom stereocenters. The third-order valence-electron chi connectivity index (χ3n) is 3.98. The normalized spacial score (nSPS) is 16.1. The summed E-state index contributed by atoms with van der Waals surface area (Å²) in [6, 6.07) is 7.89. The Balaban J connectivity index is 1.90. The van der Waals surface area contributed by atoms with Gasteiger partial charge in [0, 0.05) is 33.4 Å². The van der Waals surface area contributed by atoms with Gasteiger partial charge in [-0.1, -0.05) is 24.3 Å². The van der Waals surface area contributed by atoms with Crippen LogP contribution in [0, 0.1) is 5.92 Å². The van der Waals surface area contributed by atoms with E-state index in [0.717, 1.165) is 43.7 Å². The molecule has 1 aliphatic rings. The summed E-state index contributed by atoms with van der Waals surface area (Å²) >= 11 is 0. The Labute approximate surface area is 120 Å². The Bertz CT molecular complexity index is 442. The number of amides is 1. The number of hydrogen-bond acceptors (Lipinski definition) is 3. The lowest BCUT2D eigenvalue weighted by molar-refractivity contribution is -0.130. The van der Waals surface area contributed by atoms with Gasteiger partial charge < -0.3 is 15.4 Å². The highest BCUT2D eigenvalue weighted by atomic mass is 16.5. The average molecular weight is 276 g/mol. The van der Waals surface area contributed by atoms with E-state index >= 15 is 0 Å². The lowest BCUT2D eigenvalue weighted by Gasteiger charge is -2.27. The van der Waals surface area contributed by atoms with E-state index in [1.165, 1.54) is 0 Å². The second kappa shape index (κ2) is 7.41. The molecule has 2 N–H and O–H groups in total. The van der Waals surface area contributed by atoms with Crippen LogP contribution < -0.4 is 5.73 Å². The van der Waals surface area contributed by atoms with Crippen LogP contribution in [-0.4, -0.2) is 37.6 Å². The summed E-state index contributed by atoms with van der Waals surface area (Å²) in [7, 11) is 1.89. The predicted octanol–water partition coefficient (Wildman–Crippen LogP) is 1.57. The Hall–Kier alpha value is -1.39. The van der Waals surface area contributed by atoms with Crippen molar-refractivity contribution in [3.8, 4) is 0 Å². The first-order valence-corrected chi connectivity index (χ1v) is 7.29. The molecular weight excluding hydrogens is 252 g/mol. The zero-order chi connectivity index (χ0) is 14.4. The Morgan fingerprint density at radius 2 is 1.95 bits per heavy atom. The maximum Gasteiger partial charge on any atom is 0.226 e. The Morgan fingerprint density at radius 1 is 1.30 bits per heavy atom. The van der Waals surface area contributed by atoms with E-state index in [1.807, 2.05) is 36.2 Å². The molecule has 0 spiro atoms. The lowest BCUT2D eigenvalue weighted by atomic mass is 9.99. The Kier molecular flexibility index (Phi) is 5.56. The van der Waals surface area contributed by atoms with Crippen molar-refractivity contribution in [1.82, 2.24) is 4.90 Å². The quantitative estimate of drug-likeness (QED) is 0.888. The van der Waals surface area contributed by atoms with Gasteiger partial charge in [-0.15, -0.1) is 0 Å². The standard InChI is InChI=1S/C16H24N2O2/c1-18(12-13-6-8-20-9-7-13)16(19)10-14-4-2-3-5-15(14)11-17/h2-5,13H,6-12,17H2,1H3. The molecule has 0 aromatic heterocycles. The molecule has 1 heterocycles. The van der Waals surface area contributed by atoms with Crippen LogP contribution in [-0.2, 0) is 22.5 Å². The van der Waals surface area contributed by atoms with Gasteiger partial charge in [-0.2, -0.15) is 0 Å². The van der Waals surface area contributed by atoms with E-state index < -0.39 is 0 Å². The monoisotopic (exact) mass is 276 g/mol. The van der Waals surface area contributed by atoms with E-state index in [9.17, 15) is 4.79 Å². The van der Waals surface area contributed by atoms with Gasteiger partial charge in [-0.3, -0.25) is 4.79 Å². The van der Waals surface area contributed by atoms with E-state index in [-0.39, 0.29) is 5.91 Å². The van der Waals surface area contributed by atoms with Crippen LogP contribution >= 0.6 is 0 Å². The second-order valence-electron chi connectivity index (χ2n) is 5.48. The predicted molar refractivity (Wildman–Crippen MR) is 79.2 cm³/mol. The fraction of sp³-hybridized carbons (Fsp3) is 0.562. The summed E-state index contributed by atoms with van der Waals surface area (Å²) in [5, 5.41) is 0. The molecule has 110 valence electrons. The molecule has 1 aromatic carbocycles. The number of rotatable bonds is 5. The molecule has 4 nitrogen and oxygen atoms in total. The first-order chi connectivity index (χ1) is 9.70. The van der Waals surface area contributed by atoms with Gasteiger partial charge in [-0.25, -0.2) is 0 Å². The number of carbonyl (C=O) groups is 1. The van der Waals surface area contributed by atoms with Crippen LogP contribution in [0.3, 0.4) is 0 Å². The summed E-state index contributed by atoms with van der Waals surface area (Å²) in [5.74, 6) is 0.736. The lowest BCUT2D eigenvalue weighted by Crippen LogP contribution is -2.35. The summed E-state index contributed by atoms with van der Waals surface area (Å²) in [6.45, 7) is 2.95. The van der Waals surface area contributed by atoms with Crippen molar-refractivity contribution in [3.63, 3.8) is 0 Å². The van der Waals surface area contributed by atoms with Crippen LogP contribution in [0.4, 0.5) is 0 Å². The van der Waals surface area contributed by atoms with Crippen molar-refractivity contribution in [2.75, 3.05) is 26.8 Å². The van der Waals surface area contributed by atoms with Crippen LogP contribution in [0.1, 0.15) is 24.0 Å². The molecule has 1 fully saturated rings. The fourth-order valence-electron chi connectivity index (χ4n) is 2.65. The molecule has 1 amide bonds. The SMILES string of the molecule is CN(CC1CCOCC1)C(=O)Cc1ccccc1CN. The van der Waals surface area contributed by atoms with Crippen LogP contribution in [0.15, 0.2) is 24.3 Å².